The molecule has 4 rings (SSSR count). The lowest BCUT2D eigenvalue weighted by Gasteiger charge is -2.34. The van der Waals surface area contributed by atoms with E-state index in [9.17, 15) is 4.79 Å². The SMILES string of the molecule is Cc1ccc2oc(C(=O)N3CCN(CCc4ccncc4)CC3)c(C)c2c1. The summed E-state index contributed by atoms with van der Waals surface area (Å²) in [7, 11) is 0. The largest absolute Gasteiger partial charge is 0.451 e. The van der Waals surface area contributed by atoms with Crippen molar-refractivity contribution in [2.45, 2.75) is 20.3 Å². The number of aryl methyl sites for hydroxylation is 2. The Morgan fingerprint density at radius 2 is 1.81 bits per heavy atom. The molecule has 0 aliphatic carbocycles. The van der Waals surface area contributed by atoms with Crippen molar-refractivity contribution in [3.05, 3.63) is 65.2 Å². The molecule has 0 radical (unpaired) electrons. The molecule has 3 heterocycles. The average molecular weight is 363 g/mol. The lowest BCUT2D eigenvalue weighted by atomic mass is 10.1. The van der Waals surface area contributed by atoms with E-state index in [2.05, 4.69) is 35.0 Å². The van der Waals surface area contributed by atoms with Crippen LogP contribution in [0, 0.1) is 13.8 Å². The molecule has 1 aliphatic heterocycles. The third kappa shape index (κ3) is 3.74. The first-order valence-corrected chi connectivity index (χ1v) is 9.52. The quantitative estimate of drug-likeness (QED) is 0.712. The van der Waals surface area contributed by atoms with E-state index < -0.39 is 0 Å². The summed E-state index contributed by atoms with van der Waals surface area (Å²) in [4.78, 5) is 21.4. The number of rotatable bonds is 4. The number of fused-ring (bicyclic) bond motifs is 1. The number of amides is 1. The summed E-state index contributed by atoms with van der Waals surface area (Å²) in [5.74, 6) is 0.496. The van der Waals surface area contributed by atoms with Gasteiger partial charge in [0.25, 0.3) is 5.91 Å². The molecular weight excluding hydrogens is 338 g/mol. The monoisotopic (exact) mass is 363 g/mol. The number of furan rings is 1. The molecule has 2 aromatic heterocycles. The van der Waals surface area contributed by atoms with Gasteiger partial charge < -0.3 is 9.32 Å². The van der Waals surface area contributed by atoms with E-state index >= 15 is 0 Å². The van der Waals surface area contributed by atoms with Crippen molar-refractivity contribution in [3.8, 4) is 0 Å². The molecule has 27 heavy (non-hydrogen) atoms. The molecule has 1 aliphatic rings. The Hall–Kier alpha value is -2.66. The fourth-order valence-electron chi connectivity index (χ4n) is 3.69. The number of nitrogens with zero attached hydrogens (tertiary/aromatic N) is 3. The third-order valence-corrected chi connectivity index (χ3v) is 5.41. The Labute approximate surface area is 159 Å². The number of benzene rings is 1. The van der Waals surface area contributed by atoms with Crippen molar-refractivity contribution in [3.63, 3.8) is 0 Å². The fraction of sp³-hybridized carbons (Fsp3) is 0.364. The molecule has 1 saturated heterocycles. The van der Waals surface area contributed by atoms with Crippen molar-refractivity contribution in [1.82, 2.24) is 14.8 Å². The van der Waals surface area contributed by atoms with Crippen molar-refractivity contribution in [1.29, 1.82) is 0 Å². The highest BCUT2D eigenvalue weighted by Gasteiger charge is 2.26. The van der Waals surface area contributed by atoms with E-state index in [-0.39, 0.29) is 5.91 Å². The lowest BCUT2D eigenvalue weighted by molar-refractivity contribution is 0.0609. The molecular formula is C22H25N3O2. The normalized spacial score (nSPS) is 15.4. The molecule has 0 atom stereocenters. The predicted molar refractivity (Wildman–Crippen MR) is 106 cm³/mol. The number of carbonyl (C=O) groups excluding carboxylic acids is 1. The topological polar surface area (TPSA) is 49.6 Å². The van der Waals surface area contributed by atoms with Crippen LogP contribution >= 0.6 is 0 Å². The summed E-state index contributed by atoms with van der Waals surface area (Å²) in [5, 5.41) is 1.04. The standard InChI is InChI=1S/C22H25N3O2/c1-16-3-4-20-19(15-16)17(2)21(27-20)22(26)25-13-11-24(12-14-25)10-7-18-5-8-23-9-6-18/h3-6,8-9,15H,7,10-14H2,1-2H3. The average Bonchev–Trinajstić information content (AvgIpc) is 3.03. The van der Waals surface area contributed by atoms with E-state index in [0.717, 1.165) is 55.7 Å². The minimum atomic E-state index is 0.00939. The van der Waals surface area contributed by atoms with Crippen LogP contribution in [0.5, 0.6) is 0 Å². The highest BCUT2D eigenvalue weighted by atomic mass is 16.3. The van der Waals surface area contributed by atoms with Crippen LogP contribution in [-0.4, -0.2) is 53.4 Å². The van der Waals surface area contributed by atoms with Gasteiger partial charge in [0, 0.05) is 56.1 Å². The molecule has 5 nitrogen and oxygen atoms in total. The maximum Gasteiger partial charge on any atom is 0.289 e. The molecule has 0 unspecified atom stereocenters. The zero-order valence-electron chi connectivity index (χ0n) is 15.9. The van der Waals surface area contributed by atoms with Gasteiger partial charge in [-0.3, -0.25) is 14.7 Å². The first-order valence-electron chi connectivity index (χ1n) is 9.52. The Morgan fingerprint density at radius 1 is 1.07 bits per heavy atom. The van der Waals surface area contributed by atoms with E-state index in [1.807, 2.05) is 36.4 Å². The Balaban J connectivity index is 1.38. The van der Waals surface area contributed by atoms with Crippen LogP contribution in [0.15, 0.2) is 47.1 Å². The number of carbonyl (C=O) groups is 1. The number of hydrogen-bond donors (Lipinski definition) is 0. The summed E-state index contributed by atoms with van der Waals surface area (Å²) in [5.41, 5.74) is 4.21. The molecule has 1 fully saturated rings. The van der Waals surface area contributed by atoms with Gasteiger partial charge in [0.1, 0.15) is 5.58 Å². The van der Waals surface area contributed by atoms with Crippen LogP contribution in [0.4, 0.5) is 0 Å². The maximum absolute atomic E-state index is 13.0. The molecule has 0 N–H and O–H groups in total. The summed E-state index contributed by atoms with van der Waals surface area (Å²) in [6.07, 6.45) is 4.69. The van der Waals surface area contributed by atoms with Gasteiger partial charge in [0.2, 0.25) is 0 Å². The van der Waals surface area contributed by atoms with Gasteiger partial charge in [-0.05, 0) is 50.1 Å². The van der Waals surface area contributed by atoms with Crippen molar-refractivity contribution in [2.24, 2.45) is 0 Å². The zero-order chi connectivity index (χ0) is 18.8. The highest BCUT2D eigenvalue weighted by Crippen LogP contribution is 2.27. The predicted octanol–water partition coefficient (Wildman–Crippen LogP) is 3.45. The fourth-order valence-corrected chi connectivity index (χ4v) is 3.69. The van der Waals surface area contributed by atoms with Crippen LogP contribution in [0.1, 0.15) is 27.2 Å². The Morgan fingerprint density at radius 3 is 2.56 bits per heavy atom. The lowest BCUT2D eigenvalue weighted by Crippen LogP contribution is -2.49. The summed E-state index contributed by atoms with van der Waals surface area (Å²) >= 11 is 0. The second kappa shape index (κ2) is 7.53. The summed E-state index contributed by atoms with van der Waals surface area (Å²) in [6.45, 7) is 8.32. The van der Waals surface area contributed by atoms with Crippen molar-refractivity contribution in [2.75, 3.05) is 32.7 Å². The zero-order valence-corrected chi connectivity index (χ0v) is 15.9. The minimum Gasteiger partial charge on any atom is -0.451 e. The van der Waals surface area contributed by atoms with Gasteiger partial charge in [-0.1, -0.05) is 11.6 Å². The van der Waals surface area contributed by atoms with Gasteiger partial charge in [-0.15, -0.1) is 0 Å². The Bertz CT molecular complexity index is 941. The van der Waals surface area contributed by atoms with Gasteiger partial charge in [0.15, 0.2) is 5.76 Å². The van der Waals surface area contributed by atoms with Crippen LogP contribution in [0.3, 0.4) is 0 Å². The van der Waals surface area contributed by atoms with Gasteiger partial charge in [0.05, 0.1) is 0 Å². The van der Waals surface area contributed by atoms with Crippen LogP contribution in [0.2, 0.25) is 0 Å². The van der Waals surface area contributed by atoms with Gasteiger partial charge in [-0.2, -0.15) is 0 Å². The maximum atomic E-state index is 13.0. The molecule has 140 valence electrons. The molecule has 3 aromatic rings. The first-order chi connectivity index (χ1) is 13.1. The van der Waals surface area contributed by atoms with E-state index in [1.165, 1.54) is 11.1 Å². The van der Waals surface area contributed by atoms with E-state index in [1.54, 1.807) is 0 Å². The van der Waals surface area contributed by atoms with Crippen LogP contribution in [-0.2, 0) is 6.42 Å². The number of hydrogen-bond acceptors (Lipinski definition) is 4. The molecule has 0 bridgehead atoms. The minimum absolute atomic E-state index is 0.00939. The molecule has 1 amide bonds. The number of piperazine rings is 1. The van der Waals surface area contributed by atoms with E-state index in [4.69, 9.17) is 4.42 Å². The van der Waals surface area contributed by atoms with Gasteiger partial charge in [-0.25, -0.2) is 0 Å². The summed E-state index contributed by atoms with van der Waals surface area (Å²) in [6, 6.07) is 10.2. The van der Waals surface area contributed by atoms with Crippen LogP contribution < -0.4 is 0 Å². The third-order valence-electron chi connectivity index (χ3n) is 5.41. The molecule has 1 aromatic carbocycles. The molecule has 5 heteroatoms. The summed E-state index contributed by atoms with van der Waals surface area (Å²) < 4.78 is 5.89. The van der Waals surface area contributed by atoms with Gasteiger partial charge >= 0.3 is 0 Å². The highest BCUT2D eigenvalue weighted by molar-refractivity contribution is 5.99. The van der Waals surface area contributed by atoms with E-state index in [0.29, 0.717) is 5.76 Å². The first kappa shape index (κ1) is 17.7. The Kier molecular flexibility index (Phi) is 4.94. The number of pyridine rings is 1. The second-order valence-electron chi connectivity index (χ2n) is 7.30. The van der Waals surface area contributed by atoms with Crippen LogP contribution in [0.25, 0.3) is 11.0 Å². The second-order valence-corrected chi connectivity index (χ2v) is 7.30. The van der Waals surface area contributed by atoms with Crippen molar-refractivity contribution >= 4 is 16.9 Å². The molecule has 0 saturated carbocycles. The van der Waals surface area contributed by atoms with Crippen molar-refractivity contribution < 1.29 is 9.21 Å². The number of aromatic nitrogens is 1. The molecule has 0 spiro atoms. The smallest absolute Gasteiger partial charge is 0.289 e.